The second-order valence-electron chi connectivity index (χ2n) is 4.12. The van der Waals surface area contributed by atoms with Gasteiger partial charge in [0.1, 0.15) is 0 Å². The Morgan fingerprint density at radius 2 is 2.13 bits per heavy atom. The van der Waals surface area contributed by atoms with Crippen LogP contribution < -0.4 is 5.73 Å². The van der Waals surface area contributed by atoms with Crippen molar-refractivity contribution >= 4 is 10.0 Å². The molecule has 90 valence electrons. The molecule has 1 aliphatic heterocycles. The third kappa shape index (κ3) is 3.41. The van der Waals surface area contributed by atoms with E-state index in [2.05, 4.69) is 0 Å². The van der Waals surface area contributed by atoms with Gasteiger partial charge in [-0.25, -0.2) is 12.7 Å². The van der Waals surface area contributed by atoms with Crippen LogP contribution in [0.4, 0.5) is 0 Å². The first-order chi connectivity index (χ1) is 6.97. The summed E-state index contributed by atoms with van der Waals surface area (Å²) in [6, 6.07) is -0.0257. The molecule has 0 amide bonds. The zero-order chi connectivity index (χ0) is 11.5. The molecule has 2 atom stereocenters. The van der Waals surface area contributed by atoms with Crippen molar-refractivity contribution < 1.29 is 13.2 Å². The van der Waals surface area contributed by atoms with Gasteiger partial charge in [0, 0.05) is 32.8 Å². The summed E-state index contributed by atoms with van der Waals surface area (Å²) in [5.74, 6) is 0.405. The molecule has 1 fully saturated rings. The maximum absolute atomic E-state index is 11.8. The van der Waals surface area contributed by atoms with E-state index < -0.39 is 10.0 Å². The van der Waals surface area contributed by atoms with E-state index in [1.807, 2.05) is 6.92 Å². The van der Waals surface area contributed by atoms with E-state index in [9.17, 15) is 8.42 Å². The SMILES string of the molecule is COCCCS(=O)(=O)N1CC(C)C(N)C1. The molecule has 0 aromatic carbocycles. The Bertz CT molecular complexity index is 282. The maximum Gasteiger partial charge on any atom is 0.214 e. The third-order valence-electron chi connectivity index (χ3n) is 2.78. The highest BCUT2D eigenvalue weighted by atomic mass is 32.2. The number of sulfonamides is 1. The molecule has 0 aromatic rings. The standard InChI is InChI=1S/C9H20N2O3S/c1-8-6-11(7-9(8)10)15(12,13)5-3-4-14-2/h8-9H,3-7,10H2,1-2H3. The van der Waals surface area contributed by atoms with Gasteiger partial charge in [-0.1, -0.05) is 6.92 Å². The van der Waals surface area contributed by atoms with E-state index in [-0.39, 0.29) is 17.7 Å². The number of nitrogens with two attached hydrogens (primary N) is 1. The first-order valence-electron chi connectivity index (χ1n) is 5.19. The highest BCUT2D eigenvalue weighted by molar-refractivity contribution is 7.89. The molecule has 0 saturated carbocycles. The molecule has 1 heterocycles. The zero-order valence-corrected chi connectivity index (χ0v) is 10.2. The van der Waals surface area contributed by atoms with Gasteiger partial charge >= 0.3 is 0 Å². The number of rotatable bonds is 5. The van der Waals surface area contributed by atoms with E-state index in [1.165, 1.54) is 4.31 Å². The second-order valence-corrected chi connectivity index (χ2v) is 6.21. The summed E-state index contributed by atoms with van der Waals surface area (Å²) in [7, 11) is -1.55. The molecule has 0 aliphatic carbocycles. The van der Waals surface area contributed by atoms with Crippen LogP contribution in [0.25, 0.3) is 0 Å². The van der Waals surface area contributed by atoms with Crippen LogP contribution in [-0.4, -0.2) is 51.3 Å². The van der Waals surface area contributed by atoms with E-state index in [0.717, 1.165) is 0 Å². The van der Waals surface area contributed by atoms with Gasteiger partial charge in [-0.15, -0.1) is 0 Å². The number of ether oxygens (including phenoxy) is 1. The van der Waals surface area contributed by atoms with E-state index in [4.69, 9.17) is 10.5 Å². The largest absolute Gasteiger partial charge is 0.385 e. The van der Waals surface area contributed by atoms with Gasteiger partial charge in [0.2, 0.25) is 10.0 Å². The van der Waals surface area contributed by atoms with Crippen LogP contribution in [0.15, 0.2) is 0 Å². The molecule has 2 N–H and O–H groups in total. The molecular formula is C9H20N2O3S. The summed E-state index contributed by atoms with van der Waals surface area (Å²) >= 11 is 0. The Kier molecular flexibility index (Phi) is 4.51. The van der Waals surface area contributed by atoms with Gasteiger partial charge in [0.25, 0.3) is 0 Å². The first-order valence-corrected chi connectivity index (χ1v) is 6.80. The summed E-state index contributed by atoms with van der Waals surface area (Å²) in [5, 5.41) is 0. The molecular weight excluding hydrogens is 216 g/mol. The summed E-state index contributed by atoms with van der Waals surface area (Å²) in [4.78, 5) is 0. The molecule has 5 nitrogen and oxygen atoms in total. The lowest BCUT2D eigenvalue weighted by Gasteiger charge is -2.15. The van der Waals surface area contributed by atoms with Crippen LogP contribution >= 0.6 is 0 Å². The van der Waals surface area contributed by atoms with Crippen LogP contribution in [0.3, 0.4) is 0 Å². The van der Waals surface area contributed by atoms with Crippen LogP contribution in [-0.2, 0) is 14.8 Å². The van der Waals surface area contributed by atoms with Gasteiger partial charge in [-0.3, -0.25) is 0 Å². The molecule has 1 saturated heterocycles. The van der Waals surface area contributed by atoms with Crippen molar-refractivity contribution in [2.45, 2.75) is 19.4 Å². The van der Waals surface area contributed by atoms with Crippen LogP contribution in [0.5, 0.6) is 0 Å². The first kappa shape index (κ1) is 12.9. The zero-order valence-electron chi connectivity index (χ0n) is 9.35. The number of nitrogens with zero attached hydrogens (tertiary/aromatic N) is 1. The molecule has 2 unspecified atom stereocenters. The fraction of sp³-hybridized carbons (Fsp3) is 1.00. The highest BCUT2D eigenvalue weighted by Gasteiger charge is 2.33. The average molecular weight is 236 g/mol. The van der Waals surface area contributed by atoms with Crippen molar-refractivity contribution in [3.8, 4) is 0 Å². The number of methoxy groups -OCH3 is 1. The van der Waals surface area contributed by atoms with Crippen molar-refractivity contribution in [2.75, 3.05) is 32.6 Å². The Morgan fingerprint density at radius 3 is 2.60 bits per heavy atom. The number of hydrogen-bond acceptors (Lipinski definition) is 4. The van der Waals surface area contributed by atoms with Crippen molar-refractivity contribution in [2.24, 2.45) is 11.7 Å². The summed E-state index contributed by atoms with van der Waals surface area (Å²) in [6.07, 6.45) is 0.541. The molecule has 1 rings (SSSR count). The Labute approximate surface area is 91.6 Å². The normalized spacial score (nSPS) is 28.5. The van der Waals surface area contributed by atoms with Gasteiger partial charge < -0.3 is 10.5 Å². The molecule has 0 radical (unpaired) electrons. The van der Waals surface area contributed by atoms with E-state index in [1.54, 1.807) is 7.11 Å². The van der Waals surface area contributed by atoms with Crippen LogP contribution in [0, 0.1) is 5.92 Å². The predicted octanol–water partition coefficient (Wildman–Crippen LogP) is -0.368. The fourth-order valence-electron chi connectivity index (χ4n) is 1.69. The quantitative estimate of drug-likeness (QED) is 0.661. The smallest absolute Gasteiger partial charge is 0.214 e. The molecule has 6 heteroatoms. The van der Waals surface area contributed by atoms with Gasteiger partial charge in [0.05, 0.1) is 5.75 Å². The lowest BCUT2D eigenvalue weighted by molar-refractivity contribution is 0.199. The Hall–Kier alpha value is -0.170. The highest BCUT2D eigenvalue weighted by Crippen LogP contribution is 2.18. The minimum absolute atomic E-state index is 0.0257. The fourth-order valence-corrected chi connectivity index (χ4v) is 3.29. The Morgan fingerprint density at radius 1 is 1.47 bits per heavy atom. The minimum Gasteiger partial charge on any atom is -0.385 e. The Balaban J connectivity index is 2.48. The van der Waals surface area contributed by atoms with Crippen LogP contribution in [0.2, 0.25) is 0 Å². The summed E-state index contributed by atoms with van der Waals surface area (Å²) < 4.78 is 30.0. The maximum atomic E-state index is 11.8. The second kappa shape index (κ2) is 5.25. The number of hydrogen-bond donors (Lipinski definition) is 1. The van der Waals surface area contributed by atoms with Crippen molar-refractivity contribution in [3.63, 3.8) is 0 Å². The lowest BCUT2D eigenvalue weighted by Crippen LogP contribution is -2.34. The van der Waals surface area contributed by atoms with Crippen molar-refractivity contribution in [1.82, 2.24) is 4.31 Å². The van der Waals surface area contributed by atoms with Gasteiger partial charge in [-0.05, 0) is 12.3 Å². The van der Waals surface area contributed by atoms with Gasteiger partial charge in [0.15, 0.2) is 0 Å². The van der Waals surface area contributed by atoms with E-state index >= 15 is 0 Å². The monoisotopic (exact) mass is 236 g/mol. The molecule has 0 aromatic heterocycles. The molecule has 1 aliphatic rings. The molecule has 0 spiro atoms. The summed E-state index contributed by atoms with van der Waals surface area (Å²) in [6.45, 7) is 3.47. The topological polar surface area (TPSA) is 72.6 Å². The summed E-state index contributed by atoms with van der Waals surface area (Å²) in [5.41, 5.74) is 5.79. The van der Waals surface area contributed by atoms with E-state index in [0.29, 0.717) is 26.1 Å². The van der Waals surface area contributed by atoms with Crippen molar-refractivity contribution in [3.05, 3.63) is 0 Å². The molecule has 15 heavy (non-hydrogen) atoms. The average Bonchev–Trinajstić information content (AvgIpc) is 2.48. The predicted molar refractivity (Wildman–Crippen MR) is 59.0 cm³/mol. The minimum atomic E-state index is -3.12. The van der Waals surface area contributed by atoms with Crippen LogP contribution in [0.1, 0.15) is 13.3 Å². The van der Waals surface area contributed by atoms with Crippen molar-refractivity contribution in [1.29, 1.82) is 0 Å². The lowest BCUT2D eigenvalue weighted by atomic mass is 10.1. The third-order valence-corrected chi connectivity index (χ3v) is 4.67. The van der Waals surface area contributed by atoms with Gasteiger partial charge in [-0.2, -0.15) is 0 Å². The molecule has 0 bridgehead atoms.